The van der Waals surface area contributed by atoms with Gasteiger partial charge in [-0.25, -0.2) is 0 Å². The van der Waals surface area contributed by atoms with Gasteiger partial charge in [0.1, 0.15) is 5.75 Å². The molecule has 19 heavy (non-hydrogen) atoms. The van der Waals surface area contributed by atoms with Crippen LogP contribution in [0.3, 0.4) is 0 Å². The lowest BCUT2D eigenvalue weighted by Gasteiger charge is -2.26. The summed E-state index contributed by atoms with van der Waals surface area (Å²) in [6.07, 6.45) is 2.53. The first-order valence-electron chi connectivity index (χ1n) is 6.82. The summed E-state index contributed by atoms with van der Waals surface area (Å²) < 4.78 is 5.33. The molecule has 0 unspecified atom stereocenters. The van der Waals surface area contributed by atoms with E-state index in [-0.39, 0.29) is 6.61 Å². The van der Waals surface area contributed by atoms with E-state index in [9.17, 15) is 4.79 Å². The number of nitrogens with two attached hydrogens (primary N) is 1. The second-order valence-corrected chi connectivity index (χ2v) is 5.35. The Hall–Kier alpha value is -1.55. The SMILES string of the molecule is C[C@@H]1CC[C@H](C)N1Cc1cccc(OCC(N)=O)c1. The molecule has 1 amide bonds. The fraction of sp³-hybridized carbons (Fsp3) is 0.533. The highest BCUT2D eigenvalue weighted by Gasteiger charge is 2.26. The van der Waals surface area contributed by atoms with Crippen molar-refractivity contribution in [2.75, 3.05) is 6.61 Å². The summed E-state index contributed by atoms with van der Waals surface area (Å²) in [4.78, 5) is 13.2. The summed E-state index contributed by atoms with van der Waals surface area (Å²) >= 11 is 0. The van der Waals surface area contributed by atoms with Crippen molar-refractivity contribution < 1.29 is 9.53 Å². The molecule has 104 valence electrons. The Balaban J connectivity index is 2.00. The molecule has 0 radical (unpaired) electrons. The van der Waals surface area contributed by atoms with Crippen molar-refractivity contribution >= 4 is 5.91 Å². The van der Waals surface area contributed by atoms with E-state index in [0.29, 0.717) is 17.8 Å². The van der Waals surface area contributed by atoms with Gasteiger partial charge in [0.05, 0.1) is 0 Å². The molecule has 1 aliphatic heterocycles. The minimum atomic E-state index is -0.452. The number of amides is 1. The number of carbonyl (C=O) groups excluding carboxylic acids is 1. The van der Waals surface area contributed by atoms with Crippen LogP contribution < -0.4 is 10.5 Å². The van der Waals surface area contributed by atoms with Gasteiger partial charge in [0.25, 0.3) is 5.91 Å². The summed E-state index contributed by atoms with van der Waals surface area (Å²) in [5.41, 5.74) is 6.29. The van der Waals surface area contributed by atoms with Crippen LogP contribution in [0.15, 0.2) is 24.3 Å². The highest BCUT2D eigenvalue weighted by Crippen LogP contribution is 2.26. The van der Waals surface area contributed by atoms with E-state index >= 15 is 0 Å². The lowest BCUT2D eigenvalue weighted by Crippen LogP contribution is -2.32. The molecule has 1 aliphatic rings. The highest BCUT2D eigenvalue weighted by atomic mass is 16.5. The van der Waals surface area contributed by atoms with E-state index in [4.69, 9.17) is 10.5 Å². The van der Waals surface area contributed by atoms with Crippen LogP contribution in [-0.2, 0) is 11.3 Å². The maximum absolute atomic E-state index is 10.7. The van der Waals surface area contributed by atoms with E-state index in [2.05, 4.69) is 24.8 Å². The number of primary amides is 1. The van der Waals surface area contributed by atoms with Crippen molar-refractivity contribution in [1.82, 2.24) is 4.90 Å². The van der Waals surface area contributed by atoms with Gasteiger partial charge in [-0.1, -0.05) is 12.1 Å². The maximum atomic E-state index is 10.7. The Morgan fingerprint density at radius 3 is 2.68 bits per heavy atom. The maximum Gasteiger partial charge on any atom is 0.255 e. The lowest BCUT2D eigenvalue weighted by atomic mass is 10.2. The quantitative estimate of drug-likeness (QED) is 0.882. The number of carbonyl (C=O) groups is 1. The van der Waals surface area contributed by atoms with Gasteiger partial charge in [0, 0.05) is 18.6 Å². The number of rotatable bonds is 5. The standard InChI is InChI=1S/C15H22N2O2/c1-11-6-7-12(2)17(11)9-13-4-3-5-14(8-13)19-10-15(16)18/h3-5,8,11-12H,6-7,9-10H2,1-2H3,(H2,16,18)/t11-,12+. The van der Waals surface area contributed by atoms with E-state index in [1.165, 1.54) is 18.4 Å². The second-order valence-electron chi connectivity index (χ2n) is 5.35. The number of hydrogen-bond donors (Lipinski definition) is 1. The Morgan fingerprint density at radius 1 is 1.37 bits per heavy atom. The number of hydrogen-bond acceptors (Lipinski definition) is 3. The predicted octanol–water partition coefficient (Wildman–Crippen LogP) is 1.92. The first-order chi connectivity index (χ1) is 9.06. The van der Waals surface area contributed by atoms with Crippen LogP contribution in [0.5, 0.6) is 5.75 Å². The molecular weight excluding hydrogens is 240 g/mol. The van der Waals surface area contributed by atoms with Crippen molar-refractivity contribution in [3.8, 4) is 5.75 Å². The van der Waals surface area contributed by atoms with Gasteiger partial charge in [-0.2, -0.15) is 0 Å². The predicted molar refractivity (Wildman–Crippen MR) is 74.8 cm³/mol. The third-order valence-corrected chi connectivity index (χ3v) is 3.78. The number of nitrogens with zero attached hydrogens (tertiary/aromatic N) is 1. The van der Waals surface area contributed by atoms with E-state index in [1.807, 2.05) is 18.2 Å². The number of likely N-dealkylation sites (tertiary alicyclic amines) is 1. The third-order valence-electron chi connectivity index (χ3n) is 3.78. The van der Waals surface area contributed by atoms with Crippen molar-refractivity contribution in [3.05, 3.63) is 29.8 Å². The van der Waals surface area contributed by atoms with Crippen LogP contribution >= 0.6 is 0 Å². The second kappa shape index (κ2) is 6.06. The van der Waals surface area contributed by atoms with Gasteiger partial charge < -0.3 is 10.5 Å². The highest BCUT2D eigenvalue weighted by molar-refractivity contribution is 5.75. The largest absolute Gasteiger partial charge is 0.484 e. The fourth-order valence-electron chi connectivity index (χ4n) is 2.66. The summed E-state index contributed by atoms with van der Waals surface area (Å²) in [7, 11) is 0. The average molecular weight is 262 g/mol. The Kier molecular flexibility index (Phi) is 4.43. The van der Waals surface area contributed by atoms with Crippen molar-refractivity contribution in [2.24, 2.45) is 5.73 Å². The molecule has 2 rings (SSSR count). The Labute approximate surface area is 114 Å². The fourth-order valence-corrected chi connectivity index (χ4v) is 2.66. The van der Waals surface area contributed by atoms with Gasteiger partial charge in [-0.15, -0.1) is 0 Å². The summed E-state index contributed by atoms with van der Waals surface area (Å²) in [5.74, 6) is 0.253. The minimum Gasteiger partial charge on any atom is -0.484 e. The molecule has 1 aromatic rings. The van der Waals surface area contributed by atoms with E-state index < -0.39 is 5.91 Å². The molecule has 1 aromatic carbocycles. The molecule has 0 bridgehead atoms. The van der Waals surface area contributed by atoms with Crippen molar-refractivity contribution in [2.45, 2.75) is 45.3 Å². The van der Waals surface area contributed by atoms with Crippen LogP contribution in [0.1, 0.15) is 32.3 Å². The first kappa shape index (κ1) is 13.9. The third kappa shape index (κ3) is 3.70. The molecule has 0 spiro atoms. The first-order valence-corrected chi connectivity index (χ1v) is 6.82. The van der Waals surface area contributed by atoms with Crippen LogP contribution in [0, 0.1) is 0 Å². The monoisotopic (exact) mass is 262 g/mol. The number of ether oxygens (including phenoxy) is 1. The molecular formula is C15H22N2O2. The zero-order chi connectivity index (χ0) is 13.8. The molecule has 2 atom stereocenters. The molecule has 1 heterocycles. The van der Waals surface area contributed by atoms with Gasteiger partial charge in [0.15, 0.2) is 6.61 Å². The minimum absolute atomic E-state index is 0.0695. The Bertz CT molecular complexity index is 438. The van der Waals surface area contributed by atoms with Crippen LogP contribution in [0.2, 0.25) is 0 Å². The summed E-state index contributed by atoms with van der Waals surface area (Å²) in [5, 5.41) is 0. The van der Waals surface area contributed by atoms with Gasteiger partial charge >= 0.3 is 0 Å². The zero-order valence-corrected chi connectivity index (χ0v) is 11.6. The average Bonchev–Trinajstić information content (AvgIpc) is 2.69. The number of benzene rings is 1. The van der Waals surface area contributed by atoms with Crippen molar-refractivity contribution in [1.29, 1.82) is 0 Å². The smallest absolute Gasteiger partial charge is 0.255 e. The molecule has 0 aromatic heterocycles. The molecule has 0 aliphatic carbocycles. The van der Waals surface area contributed by atoms with Crippen LogP contribution in [0.25, 0.3) is 0 Å². The van der Waals surface area contributed by atoms with Crippen molar-refractivity contribution in [3.63, 3.8) is 0 Å². The van der Waals surface area contributed by atoms with Crippen LogP contribution in [-0.4, -0.2) is 29.5 Å². The summed E-state index contributed by atoms with van der Waals surface area (Å²) in [6, 6.07) is 9.14. The molecule has 4 heteroatoms. The summed E-state index contributed by atoms with van der Waals surface area (Å²) in [6.45, 7) is 5.41. The molecule has 1 saturated heterocycles. The molecule has 4 nitrogen and oxygen atoms in total. The molecule has 2 N–H and O–H groups in total. The van der Waals surface area contributed by atoms with Gasteiger partial charge in [-0.05, 0) is 44.4 Å². The Morgan fingerprint density at radius 2 is 2.05 bits per heavy atom. The molecule has 0 saturated carbocycles. The lowest BCUT2D eigenvalue weighted by molar-refractivity contribution is -0.119. The topological polar surface area (TPSA) is 55.6 Å². The van der Waals surface area contributed by atoms with E-state index in [0.717, 1.165) is 6.54 Å². The normalized spacial score (nSPS) is 23.5. The van der Waals surface area contributed by atoms with Crippen LogP contribution in [0.4, 0.5) is 0 Å². The van der Waals surface area contributed by atoms with E-state index in [1.54, 1.807) is 0 Å². The zero-order valence-electron chi connectivity index (χ0n) is 11.6. The molecule has 1 fully saturated rings. The van der Waals surface area contributed by atoms with Gasteiger partial charge in [0.2, 0.25) is 0 Å². The van der Waals surface area contributed by atoms with Gasteiger partial charge in [-0.3, -0.25) is 9.69 Å².